The highest BCUT2D eigenvalue weighted by atomic mass is 79.9. The summed E-state index contributed by atoms with van der Waals surface area (Å²) in [7, 11) is 0. The average Bonchev–Trinajstić information content (AvgIpc) is 2.73. The summed E-state index contributed by atoms with van der Waals surface area (Å²) in [6, 6.07) is 8.94. The number of nitrogens with one attached hydrogen (secondary N) is 1. The number of halogens is 2. The molecule has 3 rings (SSSR count). The summed E-state index contributed by atoms with van der Waals surface area (Å²) < 4.78 is 17.9. The molecule has 0 bridgehead atoms. The Hall–Kier alpha value is -2.10. The number of rotatable bonds is 7. The summed E-state index contributed by atoms with van der Waals surface area (Å²) in [5.41, 5.74) is 2.63. The number of benzene rings is 2. The molecule has 31 heavy (non-hydrogen) atoms. The van der Waals surface area contributed by atoms with Crippen LogP contribution >= 0.6 is 31.9 Å². The van der Waals surface area contributed by atoms with E-state index in [0.29, 0.717) is 43.3 Å². The van der Waals surface area contributed by atoms with Gasteiger partial charge in [0.2, 0.25) is 0 Å². The van der Waals surface area contributed by atoms with E-state index in [1.165, 1.54) is 0 Å². The minimum atomic E-state index is -0.433. The van der Waals surface area contributed by atoms with Crippen molar-refractivity contribution in [1.82, 2.24) is 0 Å². The van der Waals surface area contributed by atoms with E-state index in [2.05, 4.69) is 42.1 Å². The summed E-state index contributed by atoms with van der Waals surface area (Å²) in [6.07, 6.45) is 0. The van der Waals surface area contributed by atoms with Crippen LogP contribution in [0.25, 0.3) is 0 Å². The molecule has 0 spiro atoms. The molecule has 1 aliphatic rings. The van der Waals surface area contributed by atoms with Gasteiger partial charge in [-0.25, -0.2) is 4.79 Å². The number of carbonyl (C=O) groups excluding carboxylic acids is 2. The highest BCUT2D eigenvalue weighted by molar-refractivity contribution is 9.11. The fourth-order valence-corrected chi connectivity index (χ4v) is 4.81. The van der Waals surface area contributed by atoms with Crippen molar-refractivity contribution in [2.24, 2.45) is 0 Å². The zero-order valence-electron chi connectivity index (χ0n) is 17.4. The van der Waals surface area contributed by atoms with Crippen LogP contribution in [0.4, 0.5) is 11.4 Å². The third kappa shape index (κ3) is 6.21. The maximum Gasteiger partial charge on any atom is 0.338 e. The van der Waals surface area contributed by atoms with Crippen LogP contribution in [0, 0.1) is 6.92 Å². The van der Waals surface area contributed by atoms with Crippen molar-refractivity contribution in [1.29, 1.82) is 0 Å². The lowest BCUT2D eigenvalue weighted by molar-refractivity contribution is -0.118. The monoisotopic (exact) mass is 554 g/mol. The van der Waals surface area contributed by atoms with Crippen LogP contribution in [0.5, 0.6) is 5.75 Å². The molecule has 166 valence electrons. The van der Waals surface area contributed by atoms with Crippen molar-refractivity contribution in [3.8, 4) is 5.75 Å². The van der Waals surface area contributed by atoms with Gasteiger partial charge in [0, 0.05) is 17.6 Å². The minimum absolute atomic E-state index is 0.173. The van der Waals surface area contributed by atoms with Crippen molar-refractivity contribution in [3.05, 3.63) is 50.4 Å². The fourth-order valence-electron chi connectivity index (χ4n) is 3.25. The molecule has 0 aromatic heterocycles. The Morgan fingerprint density at radius 1 is 1.16 bits per heavy atom. The quantitative estimate of drug-likeness (QED) is 0.505. The lowest BCUT2D eigenvalue weighted by atomic mass is 10.1. The summed E-state index contributed by atoms with van der Waals surface area (Å²) in [5.74, 6) is -0.158. The molecule has 1 N–H and O–H groups in total. The lowest BCUT2D eigenvalue weighted by Gasteiger charge is -2.30. The number of nitrogens with zero attached hydrogens (tertiary/aromatic N) is 1. The van der Waals surface area contributed by atoms with Crippen molar-refractivity contribution in [3.63, 3.8) is 0 Å². The SMILES string of the molecule is CCOC(=O)c1ccc(N2CCOCC2)c(NC(=O)COc2c(C)cc(Br)cc2Br)c1. The van der Waals surface area contributed by atoms with Gasteiger partial charge in [0.25, 0.3) is 5.91 Å². The molecule has 2 aromatic rings. The predicted octanol–water partition coefficient (Wildman–Crippen LogP) is 4.55. The second-order valence-corrected chi connectivity index (χ2v) is 8.69. The molecule has 7 nitrogen and oxygen atoms in total. The van der Waals surface area contributed by atoms with Crippen molar-refractivity contribution >= 4 is 55.1 Å². The second-order valence-electron chi connectivity index (χ2n) is 6.92. The van der Waals surface area contributed by atoms with Crippen LogP contribution in [0.1, 0.15) is 22.8 Å². The number of ether oxygens (including phenoxy) is 3. The maximum absolute atomic E-state index is 12.7. The van der Waals surface area contributed by atoms with Gasteiger partial charge in [0.1, 0.15) is 5.75 Å². The maximum atomic E-state index is 12.7. The Morgan fingerprint density at radius 2 is 1.90 bits per heavy atom. The second kappa shape index (κ2) is 11.0. The van der Waals surface area contributed by atoms with E-state index < -0.39 is 5.97 Å². The number of aryl methyl sites for hydroxylation is 1. The predicted molar refractivity (Wildman–Crippen MR) is 126 cm³/mol. The standard InChI is InChI=1S/C22H24Br2N2O5/c1-3-30-22(28)15-4-5-19(26-6-8-29-9-7-26)18(11-15)25-20(27)13-31-21-14(2)10-16(23)12-17(21)24/h4-5,10-12H,3,6-9,13H2,1-2H3,(H,25,27). The zero-order chi connectivity index (χ0) is 22.4. The summed E-state index contributed by atoms with van der Waals surface area (Å²) >= 11 is 6.89. The lowest BCUT2D eigenvalue weighted by Crippen LogP contribution is -2.37. The Morgan fingerprint density at radius 3 is 2.58 bits per heavy atom. The number of esters is 1. The van der Waals surface area contributed by atoms with Gasteiger partial charge < -0.3 is 24.4 Å². The summed E-state index contributed by atoms with van der Waals surface area (Å²) in [5, 5.41) is 2.89. The first-order valence-corrected chi connectivity index (χ1v) is 11.5. The number of hydrogen-bond donors (Lipinski definition) is 1. The van der Waals surface area contributed by atoms with Gasteiger partial charge >= 0.3 is 5.97 Å². The summed E-state index contributed by atoms with van der Waals surface area (Å²) in [6.45, 7) is 6.37. The van der Waals surface area contributed by atoms with Crippen molar-refractivity contribution in [2.75, 3.05) is 49.7 Å². The van der Waals surface area contributed by atoms with E-state index >= 15 is 0 Å². The molecule has 2 aromatic carbocycles. The van der Waals surface area contributed by atoms with Gasteiger partial charge in [-0.2, -0.15) is 0 Å². The fraction of sp³-hybridized carbons (Fsp3) is 0.364. The normalized spacial score (nSPS) is 13.6. The highest BCUT2D eigenvalue weighted by Gasteiger charge is 2.19. The van der Waals surface area contributed by atoms with E-state index in [0.717, 1.165) is 20.2 Å². The smallest absolute Gasteiger partial charge is 0.338 e. The first kappa shape index (κ1) is 23.6. The Labute approximate surface area is 198 Å². The molecule has 1 aliphatic heterocycles. The molecule has 9 heteroatoms. The van der Waals surface area contributed by atoms with E-state index in [1.807, 2.05) is 25.1 Å². The van der Waals surface area contributed by atoms with Crippen LogP contribution < -0.4 is 15.0 Å². The number of hydrogen-bond acceptors (Lipinski definition) is 6. The van der Waals surface area contributed by atoms with Gasteiger partial charge in [0.05, 0.1) is 41.2 Å². The summed E-state index contributed by atoms with van der Waals surface area (Å²) in [4.78, 5) is 27.0. The minimum Gasteiger partial charge on any atom is -0.482 e. The number of anilines is 2. The molecular weight excluding hydrogens is 532 g/mol. The number of morpholine rings is 1. The van der Waals surface area contributed by atoms with Gasteiger partial charge in [-0.3, -0.25) is 4.79 Å². The van der Waals surface area contributed by atoms with Crippen LogP contribution in [0.3, 0.4) is 0 Å². The molecule has 1 amide bonds. The highest BCUT2D eigenvalue weighted by Crippen LogP contribution is 2.33. The van der Waals surface area contributed by atoms with E-state index in [-0.39, 0.29) is 19.1 Å². The topological polar surface area (TPSA) is 77.1 Å². The van der Waals surface area contributed by atoms with E-state index in [4.69, 9.17) is 14.2 Å². The molecule has 0 atom stereocenters. The molecule has 0 unspecified atom stereocenters. The van der Waals surface area contributed by atoms with Crippen LogP contribution in [0.2, 0.25) is 0 Å². The van der Waals surface area contributed by atoms with Crippen LogP contribution in [0.15, 0.2) is 39.3 Å². The van der Waals surface area contributed by atoms with Gasteiger partial charge in [-0.15, -0.1) is 0 Å². The number of carbonyl (C=O) groups is 2. The van der Waals surface area contributed by atoms with Crippen LogP contribution in [-0.4, -0.2) is 51.4 Å². The first-order valence-electron chi connectivity index (χ1n) is 9.91. The average molecular weight is 556 g/mol. The third-order valence-corrected chi connectivity index (χ3v) is 5.72. The van der Waals surface area contributed by atoms with E-state index in [1.54, 1.807) is 19.1 Å². The Kier molecular flexibility index (Phi) is 8.34. The number of amides is 1. The molecule has 1 heterocycles. The molecular formula is C22H24Br2N2O5. The zero-order valence-corrected chi connectivity index (χ0v) is 20.5. The molecule has 0 saturated carbocycles. The molecule has 1 fully saturated rings. The molecule has 1 saturated heterocycles. The first-order chi connectivity index (χ1) is 14.9. The van der Waals surface area contributed by atoms with Gasteiger partial charge in [0.15, 0.2) is 6.61 Å². The van der Waals surface area contributed by atoms with Crippen molar-refractivity contribution < 1.29 is 23.8 Å². The van der Waals surface area contributed by atoms with Crippen LogP contribution in [-0.2, 0) is 14.3 Å². The largest absolute Gasteiger partial charge is 0.482 e. The van der Waals surface area contributed by atoms with Crippen molar-refractivity contribution in [2.45, 2.75) is 13.8 Å². The van der Waals surface area contributed by atoms with Gasteiger partial charge in [-0.05, 0) is 65.7 Å². The Bertz CT molecular complexity index is 938. The van der Waals surface area contributed by atoms with Gasteiger partial charge in [-0.1, -0.05) is 15.9 Å². The van der Waals surface area contributed by atoms with E-state index in [9.17, 15) is 9.59 Å². The third-order valence-electron chi connectivity index (χ3n) is 4.68. The Balaban J connectivity index is 1.78. The molecule has 0 aliphatic carbocycles. The molecule has 0 radical (unpaired) electrons.